The van der Waals surface area contributed by atoms with Gasteiger partial charge in [0.15, 0.2) is 0 Å². The first-order valence-corrected chi connectivity index (χ1v) is 17.3. The molecule has 0 aromatic heterocycles. The van der Waals surface area contributed by atoms with Crippen LogP contribution in [0.3, 0.4) is 0 Å². The molecule has 4 nitrogen and oxygen atoms in total. The van der Waals surface area contributed by atoms with Crippen LogP contribution in [0.5, 0.6) is 11.5 Å². The van der Waals surface area contributed by atoms with Gasteiger partial charge in [-0.05, 0) is 98.9 Å². The van der Waals surface area contributed by atoms with Crippen molar-refractivity contribution in [3.63, 3.8) is 0 Å². The van der Waals surface area contributed by atoms with Gasteiger partial charge >= 0.3 is 0 Å². The van der Waals surface area contributed by atoms with Crippen molar-refractivity contribution in [3.8, 4) is 22.6 Å². The second-order valence-electron chi connectivity index (χ2n) is 11.9. The minimum absolute atomic E-state index is 0.191. The van der Waals surface area contributed by atoms with Crippen LogP contribution in [-0.2, 0) is 22.3 Å². The van der Waals surface area contributed by atoms with Crippen LogP contribution in [0.2, 0.25) is 0 Å². The Hall–Kier alpha value is -2.74. The molecule has 234 valence electrons. The average Bonchev–Trinajstić information content (AvgIpc) is 3.02. The van der Waals surface area contributed by atoms with Gasteiger partial charge in [-0.3, -0.25) is 0 Å². The molecule has 44 heavy (non-hydrogen) atoms. The molecule has 4 aromatic carbocycles. The Labute approximate surface area is 268 Å². The van der Waals surface area contributed by atoms with Crippen molar-refractivity contribution in [3.05, 3.63) is 118 Å². The van der Waals surface area contributed by atoms with Gasteiger partial charge in [-0.2, -0.15) is 0 Å². The Kier molecular flexibility index (Phi) is 12.0. The van der Waals surface area contributed by atoms with Crippen LogP contribution >= 0.6 is 17.6 Å². The van der Waals surface area contributed by atoms with E-state index in [9.17, 15) is 0 Å². The maximum atomic E-state index is 6.58. The highest BCUT2D eigenvalue weighted by atomic mass is 31.1. The van der Waals surface area contributed by atoms with E-state index in [-0.39, 0.29) is 17.6 Å². The third kappa shape index (κ3) is 8.70. The molecule has 0 saturated carbocycles. The van der Waals surface area contributed by atoms with Gasteiger partial charge in [0, 0.05) is 0 Å². The van der Waals surface area contributed by atoms with Gasteiger partial charge in [-0.1, -0.05) is 98.8 Å². The van der Waals surface area contributed by atoms with Crippen molar-refractivity contribution < 1.29 is 18.5 Å². The zero-order valence-corrected chi connectivity index (χ0v) is 29.5. The largest absolute Gasteiger partial charge is 0.481 e. The van der Waals surface area contributed by atoms with Crippen molar-refractivity contribution in [1.29, 1.82) is 0 Å². The fourth-order valence-electron chi connectivity index (χ4n) is 5.05. The van der Waals surface area contributed by atoms with Crippen LogP contribution in [0.1, 0.15) is 73.9 Å². The van der Waals surface area contributed by atoms with Crippen molar-refractivity contribution >= 4 is 17.6 Å². The Bertz CT molecular complexity index is 1380. The summed E-state index contributed by atoms with van der Waals surface area (Å²) in [5.74, 6) is 1.92. The Morgan fingerprint density at radius 1 is 0.500 bits per heavy atom. The van der Waals surface area contributed by atoms with E-state index in [0.717, 1.165) is 57.7 Å². The van der Waals surface area contributed by atoms with E-state index >= 15 is 0 Å². The van der Waals surface area contributed by atoms with Gasteiger partial charge in [-0.15, -0.1) is 0 Å². The minimum Gasteiger partial charge on any atom is -0.481 e. The lowest BCUT2D eigenvalue weighted by molar-refractivity contribution is 0.157. The fourth-order valence-corrected chi connectivity index (χ4v) is 6.69. The van der Waals surface area contributed by atoms with Crippen LogP contribution < -0.4 is 9.47 Å². The van der Waals surface area contributed by atoms with Crippen molar-refractivity contribution in [2.45, 2.75) is 92.1 Å². The molecule has 0 bridgehead atoms. The molecule has 4 rings (SSSR count). The number of hydrogen-bond acceptors (Lipinski definition) is 4. The molecule has 4 aromatic rings. The first-order valence-electron chi connectivity index (χ1n) is 15.5. The maximum Gasteiger partial charge on any atom is 0.146 e. The van der Waals surface area contributed by atoms with E-state index in [1.807, 2.05) is 0 Å². The van der Waals surface area contributed by atoms with Crippen molar-refractivity contribution in [1.82, 2.24) is 0 Å². The van der Waals surface area contributed by atoms with Crippen LogP contribution in [0.15, 0.2) is 84.9 Å². The summed E-state index contributed by atoms with van der Waals surface area (Å²) in [6.07, 6.45) is 1.71. The second kappa shape index (κ2) is 15.5. The second-order valence-corrected chi connectivity index (χ2v) is 15.0. The molecule has 0 radical (unpaired) electrons. The van der Waals surface area contributed by atoms with E-state index < -0.39 is 10.7 Å². The van der Waals surface area contributed by atoms with Gasteiger partial charge in [0.2, 0.25) is 0 Å². The lowest BCUT2D eigenvalue weighted by atomic mass is 9.96. The van der Waals surface area contributed by atoms with E-state index in [1.54, 1.807) is 0 Å². The van der Waals surface area contributed by atoms with Gasteiger partial charge in [0.05, 0.1) is 30.8 Å². The summed E-state index contributed by atoms with van der Waals surface area (Å²) in [7, 11) is 0.382. The monoisotopic (exact) mass is 630 g/mol. The van der Waals surface area contributed by atoms with E-state index in [4.69, 9.17) is 18.5 Å². The summed E-state index contributed by atoms with van der Waals surface area (Å²) in [6.45, 7) is 18.0. The lowest BCUT2D eigenvalue weighted by Crippen LogP contribution is -2.27. The predicted molar refractivity (Wildman–Crippen MR) is 189 cm³/mol. The molecule has 0 fully saturated rings. The Morgan fingerprint density at radius 3 is 1.18 bits per heavy atom. The Balaban J connectivity index is 1.44. The molecule has 0 aliphatic heterocycles. The summed E-state index contributed by atoms with van der Waals surface area (Å²) >= 11 is 0. The lowest BCUT2D eigenvalue weighted by Gasteiger charge is -2.31. The molecule has 4 unspecified atom stereocenters. The van der Waals surface area contributed by atoms with Crippen LogP contribution in [-0.4, -0.2) is 10.7 Å². The van der Waals surface area contributed by atoms with Crippen molar-refractivity contribution in [2.75, 3.05) is 0 Å². The first-order chi connectivity index (χ1) is 21.1. The minimum atomic E-state index is -0.399. The normalized spacial score (nSPS) is 14.6. The molecule has 0 aliphatic rings. The standard InChI is InChI=1S/C38H48O4P2/c1-9-37(7,41-35-27(3)17-15-18-28(35)4)43-39-25-31-21-11-13-23-33(31)34-24-14-12-22-32(34)26-40-44-38(8,10-2)42-36-29(5)19-16-20-30(36)6/h11-24,43-44H,9-10,25-26H2,1-8H3. The van der Waals surface area contributed by atoms with Gasteiger partial charge in [0.1, 0.15) is 22.2 Å². The van der Waals surface area contributed by atoms with Crippen LogP contribution in [0.4, 0.5) is 0 Å². The third-order valence-electron chi connectivity index (χ3n) is 8.18. The predicted octanol–water partition coefficient (Wildman–Crippen LogP) is 11.2. The molecule has 4 atom stereocenters. The zero-order chi connectivity index (χ0) is 31.7. The average molecular weight is 631 g/mol. The summed E-state index contributed by atoms with van der Waals surface area (Å²) in [4.78, 5) is 0. The molecule has 6 heteroatoms. The fraction of sp³-hybridized carbons (Fsp3) is 0.368. The number of hydrogen-bond donors (Lipinski definition) is 0. The Morgan fingerprint density at radius 2 is 0.841 bits per heavy atom. The SMILES string of the molecule is CCC(C)(Oc1c(C)cccc1C)POCc1ccccc1-c1ccccc1COPC(C)(CC)Oc1c(C)cccc1C. The van der Waals surface area contributed by atoms with E-state index in [0.29, 0.717) is 13.2 Å². The van der Waals surface area contributed by atoms with Gasteiger partial charge in [0.25, 0.3) is 0 Å². The molecular formula is C38H48O4P2. The van der Waals surface area contributed by atoms with Crippen molar-refractivity contribution in [2.24, 2.45) is 0 Å². The number of para-hydroxylation sites is 2. The molecule has 0 N–H and O–H groups in total. The maximum absolute atomic E-state index is 6.58. The highest BCUT2D eigenvalue weighted by Gasteiger charge is 2.28. The highest BCUT2D eigenvalue weighted by Crippen LogP contribution is 2.43. The number of benzene rings is 4. The number of ether oxygens (including phenoxy) is 2. The van der Waals surface area contributed by atoms with Gasteiger partial charge in [-0.25, -0.2) is 0 Å². The highest BCUT2D eigenvalue weighted by molar-refractivity contribution is 7.34. The summed E-state index contributed by atoms with van der Waals surface area (Å²) in [6, 6.07) is 29.5. The van der Waals surface area contributed by atoms with Gasteiger partial charge < -0.3 is 18.5 Å². The van der Waals surface area contributed by atoms with E-state index in [1.165, 1.54) is 11.1 Å². The molecule has 0 amide bonds. The van der Waals surface area contributed by atoms with Crippen LogP contribution in [0.25, 0.3) is 11.1 Å². The topological polar surface area (TPSA) is 36.9 Å². The first kappa shape index (κ1) is 34.1. The third-order valence-corrected chi connectivity index (χ3v) is 10.5. The molecule has 0 spiro atoms. The number of rotatable bonds is 15. The number of aryl methyl sites for hydroxylation is 4. The summed E-state index contributed by atoms with van der Waals surface area (Å²) in [5.41, 5.74) is 9.23. The van der Waals surface area contributed by atoms with E-state index in [2.05, 4.69) is 140 Å². The van der Waals surface area contributed by atoms with Crippen LogP contribution in [0, 0.1) is 27.7 Å². The quantitative estimate of drug-likeness (QED) is 0.123. The summed E-state index contributed by atoms with van der Waals surface area (Å²) in [5, 5.41) is -0.799. The molecule has 0 aliphatic carbocycles. The summed E-state index contributed by atoms with van der Waals surface area (Å²) < 4.78 is 26.0. The zero-order valence-electron chi connectivity index (χ0n) is 27.5. The smallest absolute Gasteiger partial charge is 0.146 e. The molecular weight excluding hydrogens is 582 g/mol. The molecule has 0 heterocycles. The molecule has 0 saturated heterocycles.